The van der Waals surface area contributed by atoms with Crippen molar-refractivity contribution in [3.8, 4) is 0 Å². The van der Waals surface area contributed by atoms with Gasteiger partial charge in [0.15, 0.2) is 6.29 Å². The van der Waals surface area contributed by atoms with E-state index >= 15 is 0 Å². The average Bonchev–Trinajstić information content (AvgIpc) is 2.49. The summed E-state index contributed by atoms with van der Waals surface area (Å²) >= 11 is 0. The van der Waals surface area contributed by atoms with Gasteiger partial charge in [0.2, 0.25) is 0 Å². The summed E-state index contributed by atoms with van der Waals surface area (Å²) in [5.74, 6) is -1.01. The molecule has 0 aliphatic heterocycles. The maximum atomic E-state index is 10.6. The number of nitrogens with two attached hydrogens (primary N) is 1. The van der Waals surface area contributed by atoms with Crippen LogP contribution in [0.2, 0.25) is 0 Å². The molecule has 0 fully saturated rings. The van der Waals surface area contributed by atoms with Gasteiger partial charge in [-0.25, -0.2) is 0 Å². The van der Waals surface area contributed by atoms with Crippen molar-refractivity contribution in [3.63, 3.8) is 0 Å². The van der Waals surface area contributed by atoms with Gasteiger partial charge in [-0.1, -0.05) is 26.0 Å². The van der Waals surface area contributed by atoms with Gasteiger partial charge in [0.25, 0.3) is 0 Å². The third-order valence-corrected chi connectivity index (χ3v) is 2.57. The molecule has 0 spiro atoms. The molecule has 1 aromatic rings. The van der Waals surface area contributed by atoms with Crippen molar-refractivity contribution < 1.29 is 19.7 Å². The highest BCUT2D eigenvalue weighted by atomic mass is 16.6. The Bertz CT molecular complexity index is 395. The number of ether oxygens (including phenoxy) is 1. The van der Waals surface area contributed by atoms with Crippen LogP contribution in [-0.4, -0.2) is 41.7 Å². The second-order valence-electron chi connectivity index (χ2n) is 4.14. The van der Waals surface area contributed by atoms with Gasteiger partial charge in [-0.2, -0.15) is 0 Å². The first kappa shape index (κ1) is 19.4. The van der Waals surface area contributed by atoms with Crippen molar-refractivity contribution in [3.05, 3.63) is 29.8 Å². The molecule has 0 aromatic heterocycles. The van der Waals surface area contributed by atoms with Gasteiger partial charge < -0.3 is 26.0 Å². The minimum atomic E-state index is -1.01. The van der Waals surface area contributed by atoms with Crippen LogP contribution in [0.1, 0.15) is 26.3 Å². The minimum absolute atomic E-state index is 0.289. The van der Waals surface area contributed by atoms with Crippen molar-refractivity contribution >= 4 is 11.7 Å². The molecule has 21 heavy (non-hydrogen) atoms. The number of carboxylic acids is 1. The predicted molar refractivity (Wildman–Crippen MR) is 83.2 cm³/mol. The zero-order valence-corrected chi connectivity index (χ0v) is 12.9. The molecule has 120 valence electrons. The lowest BCUT2D eigenvalue weighted by molar-refractivity contribution is -0.138. The normalized spacial score (nSPS) is 12.8. The van der Waals surface area contributed by atoms with E-state index in [1.165, 1.54) is 0 Å². The van der Waals surface area contributed by atoms with Crippen molar-refractivity contribution in [1.82, 2.24) is 0 Å². The number of anilines is 1. The Morgan fingerprint density at radius 3 is 2.38 bits per heavy atom. The summed E-state index contributed by atoms with van der Waals surface area (Å²) in [6.45, 7) is 6.56. The summed E-state index contributed by atoms with van der Waals surface area (Å²) in [6, 6.07) is 6.33. The first-order valence-electron chi connectivity index (χ1n) is 7.13. The van der Waals surface area contributed by atoms with Crippen LogP contribution in [0.5, 0.6) is 0 Å². The Kier molecular flexibility index (Phi) is 10.2. The summed E-state index contributed by atoms with van der Waals surface area (Å²) in [6.07, 6.45) is -0.554. The van der Waals surface area contributed by atoms with Crippen molar-refractivity contribution in [2.45, 2.75) is 39.5 Å². The standard InChI is InChI=1S/C13H20N2O4.C2H6/c1-2-19-12(16)8-15-10-5-3-9(4-6-10)7-11(14)13(17)18;1-2/h3-6,11-12,15-16H,2,7-8,14H2,1H3,(H,17,18);1-2H3. The van der Waals surface area contributed by atoms with E-state index in [2.05, 4.69) is 5.32 Å². The maximum Gasteiger partial charge on any atom is 0.320 e. The van der Waals surface area contributed by atoms with Crippen molar-refractivity contribution in [2.75, 3.05) is 18.5 Å². The molecule has 2 unspecified atom stereocenters. The number of aliphatic hydroxyl groups excluding tert-OH is 1. The third-order valence-electron chi connectivity index (χ3n) is 2.57. The number of aliphatic hydroxyl groups is 1. The number of aliphatic carboxylic acids is 1. The summed E-state index contributed by atoms with van der Waals surface area (Å²) in [7, 11) is 0. The van der Waals surface area contributed by atoms with Crippen LogP contribution in [-0.2, 0) is 16.0 Å². The molecule has 0 saturated heterocycles. The SMILES string of the molecule is CC.CCOC(O)CNc1ccc(CC(N)C(=O)O)cc1. The molecule has 2 atom stereocenters. The molecular weight excluding hydrogens is 272 g/mol. The molecule has 0 aliphatic rings. The molecule has 5 N–H and O–H groups in total. The molecule has 0 amide bonds. The average molecular weight is 298 g/mol. The smallest absolute Gasteiger partial charge is 0.320 e. The first-order chi connectivity index (χ1) is 10.0. The second-order valence-corrected chi connectivity index (χ2v) is 4.14. The second kappa shape index (κ2) is 11.1. The van der Waals surface area contributed by atoms with Crippen LogP contribution in [0, 0.1) is 0 Å². The molecule has 0 bridgehead atoms. The van der Waals surface area contributed by atoms with Gasteiger partial charge >= 0.3 is 5.97 Å². The summed E-state index contributed by atoms with van der Waals surface area (Å²) in [4.78, 5) is 10.6. The van der Waals surface area contributed by atoms with E-state index < -0.39 is 18.3 Å². The maximum absolute atomic E-state index is 10.6. The minimum Gasteiger partial charge on any atom is -0.480 e. The summed E-state index contributed by atoms with van der Waals surface area (Å²) < 4.78 is 4.98. The molecule has 1 rings (SSSR count). The van der Waals surface area contributed by atoms with E-state index in [0.717, 1.165) is 11.3 Å². The number of carbonyl (C=O) groups is 1. The first-order valence-corrected chi connectivity index (χ1v) is 7.13. The fourth-order valence-corrected chi connectivity index (χ4v) is 1.56. The third kappa shape index (κ3) is 8.29. The number of benzene rings is 1. The zero-order chi connectivity index (χ0) is 16.3. The van der Waals surface area contributed by atoms with Crippen LogP contribution >= 0.6 is 0 Å². The lowest BCUT2D eigenvalue weighted by atomic mass is 10.1. The van der Waals surface area contributed by atoms with Gasteiger partial charge in [-0.05, 0) is 31.0 Å². The number of rotatable bonds is 8. The number of nitrogens with one attached hydrogen (secondary N) is 1. The van der Waals surface area contributed by atoms with E-state index in [-0.39, 0.29) is 6.42 Å². The van der Waals surface area contributed by atoms with Gasteiger partial charge in [0, 0.05) is 12.3 Å². The Balaban J connectivity index is 0.00000191. The van der Waals surface area contributed by atoms with Gasteiger partial charge in [0.05, 0.1) is 6.54 Å². The molecule has 0 saturated carbocycles. The number of hydrogen-bond acceptors (Lipinski definition) is 5. The number of carboxylic acid groups (broad SMARTS) is 1. The van der Waals surface area contributed by atoms with Crippen LogP contribution < -0.4 is 11.1 Å². The van der Waals surface area contributed by atoms with E-state index in [4.69, 9.17) is 15.6 Å². The Hall–Kier alpha value is -1.63. The monoisotopic (exact) mass is 298 g/mol. The Labute approximate surface area is 125 Å². The largest absolute Gasteiger partial charge is 0.480 e. The fourth-order valence-electron chi connectivity index (χ4n) is 1.56. The van der Waals surface area contributed by atoms with Crippen LogP contribution in [0.4, 0.5) is 5.69 Å². The van der Waals surface area contributed by atoms with Crippen molar-refractivity contribution in [2.24, 2.45) is 5.73 Å². The van der Waals surface area contributed by atoms with E-state index in [0.29, 0.717) is 13.2 Å². The molecule has 0 radical (unpaired) electrons. The molecular formula is C15H26N2O4. The topological polar surface area (TPSA) is 105 Å². The molecule has 6 heteroatoms. The highest BCUT2D eigenvalue weighted by molar-refractivity contribution is 5.73. The fraction of sp³-hybridized carbons (Fsp3) is 0.533. The highest BCUT2D eigenvalue weighted by Crippen LogP contribution is 2.11. The van der Waals surface area contributed by atoms with E-state index in [9.17, 15) is 9.90 Å². The lowest BCUT2D eigenvalue weighted by Gasteiger charge is -2.13. The molecule has 0 heterocycles. The van der Waals surface area contributed by atoms with E-state index in [1.807, 2.05) is 32.9 Å². The molecule has 0 aliphatic carbocycles. The van der Waals surface area contributed by atoms with Crippen LogP contribution in [0.15, 0.2) is 24.3 Å². The summed E-state index contributed by atoms with van der Waals surface area (Å²) in [5.41, 5.74) is 7.13. The number of hydrogen-bond donors (Lipinski definition) is 4. The highest BCUT2D eigenvalue weighted by Gasteiger charge is 2.11. The lowest BCUT2D eigenvalue weighted by Crippen LogP contribution is -2.32. The zero-order valence-electron chi connectivity index (χ0n) is 12.9. The van der Waals surface area contributed by atoms with Gasteiger partial charge in [0.1, 0.15) is 6.04 Å². The molecule has 1 aromatic carbocycles. The molecule has 6 nitrogen and oxygen atoms in total. The summed E-state index contributed by atoms with van der Waals surface area (Å²) in [5, 5.41) is 21.1. The van der Waals surface area contributed by atoms with Crippen LogP contribution in [0.3, 0.4) is 0 Å². The quantitative estimate of drug-likeness (QED) is 0.541. The Morgan fingerprint density at radius 2 is 1.90 bits per heavy atom. The van der Waals surface area contributed by atoms with E-state index in [1.54, 1.807) is 12.1 Å². The predicted octanol–water partition coefficient (Wildman–Crippen LogP) is 1.43. The van der Waals surface area contributed by atoms with Gasteiger partial charge in [-0.3, -0.25) is 4.79 Å². The van der Waals surface area contributed by atoms with Crippen LogP contribution in [0.25, 0.3) is 0 Å². The Morgan fingerprint density at radius 1 is 1.33 bits per heavy atom. The van der Waals surface area contributed by atoms with Crippen molar-refractivity contribution in [1.29, 1.82) is 0 Å². The van der Waals surface area contributed by atoms with Gasteiger partial charge in [-0.15, -0.1) is 0 Å².